The highest BCUT2D eigenvalue weighted by Crippen LogP contribution is 2.50. The number of alkyl halides is 9. The molecule has 0 aliphatic carbocycles. The van der Waals surface area contributed by atoms with Crippen LogP contribution in [0.5, 0.6) is 0 Å². The highest BCUT2D eigenvalue weighted by molar-refractivity contribution is 5.73. The van der Waals surface area contributed by atoms with Crippen molar-refractivity contribution in [2.24, 2.45) is 0 Å². The van der Waals surface area contributed by atoms with Gasteiger partial charge in [0.2, 0.25) is 11.9 Å². The number of aromatic nitrogens is 2. The van der Waals surface area contributed by atoms with Gasteiger partial charge in [-0.05, 0) is 5.56 Å². The summed E-state index contributed by atoms with van der Waals surface area (Å²) < 4.78 is 110. The predicted octanol–water partition coefficient (Wildman–Crippen LogP) is 3.76. The van der Waals surface area contributed by atoms with Gasteiger partial charge >= 0.3 is 24.5 Å². The van der Waals surface area contributed by atoms with Crippen molar-refractivity contribution in [2.75, 3.05) is 31.1 Å². The standard InChI is InChI=1S/C19H18F6N4O2.C2HF3O2/c1-12(30)28-6-8-29(9-7-28)16-26-10-14(11-27-16)13-2-4-15(5-3-13)17(31,18(20,21)22)19(23,24)25;3-2(4,5)1(6)7/h2-5,10-11,31H,6-9H2,1H3;(H,6,7). The van der Waals surface area contributed by atoms with E-state index in [-0.39, 0.29) is 11.5 Å². The number of carbonyl (C=O) groups excluding carboxylic acids is 1. The first-order valence-corrected chi connectivity index (χ1v) is 10.4. The Morgan fingerprint density at radius 3 is 1.55 bits per heavy atom. The number of anilines is 1. The Bertz CT molecular complexity index is 1100. The smallest absolute Gasteiger partial charge is 0.475 e. The number of amides is 1. The first-order chi connectivity index (χ1) is 17.3. The molecule has 0 unspecified atom stereocenters. The molecule has 1 aromatic heterocycles. The minimum Gasteiger partial charge on any atom is -0.475 e. The van der Waals surface area contributed by atoms with Gasteiger partial charge < -0.3 is 20.0 Å². The molecule has 17 heteroatoms. The number of hydrogen-bond donors (Lipinski definition) is 2. The molecule has 38 heavy (non-hydrogen) atoms. The lowest BCUT2D eigenvalue weighted by molar-refractivity contribution is -0.376. The van der Waals surface area contributed by atoms with Crippen molar-refractivity contribution in [3.8, 4) is 11.1 Å². The largest absolute Gasteiger partial charge is 0.490 e. The van der Waals surface area contributed by atoms with Crippen LogP contribution in [0.3, 0.4) is 0 Å². The van der Waals surface area contributed by atoms with Gasteiger partial charge in [0.15, 0.2) is 0 Å². The predicted molar refractivity (Wildman–Crippen MR) is 112 cm³/mol. The van der Waals surface area contributed by atoms with Gasteiger partial charge in [0.25, 0.3) is 5.60 Å². The summed E-state index contributed by atoms with van der Waals surface area (Å²) in [5, 5.41) is 16.6. The second-order valence-corrected chi connectivity index (χ2v) is 7.85. The van der Waals surface area contributed by atoms with Gasteiger partial charge in [0.05, 0.1) is 0 Å². The van der Waals surface area contributed by atoms with E-state index in [1.165, 1.54) is 19.3 Å². The zero-order chi connectivity index (χ0) is 29.1. The molecule has 1 aliphatic rings. The molecule has 1 saturated heterocycles. The van der Waals surface area contributed by atoms with Gasteiger partial charge in [0, 0.05) is 56.6 Å². The molecular formula is C21H19F9N4O4. The molecule has 0 bridgehead atoms. The van der Waals surface area contributed by atoms with Crippen molar-refractivity contribution in [1.29, 1.82) is 0 Å². The molecule has 0 radical (unpaired) electrons. The molecule has 0 spiro atoms. The number of rotatable bonds is 3. The van der Waals surface area contributed by atoms with Gasteiger partial charge in [-0.3, -0.25) is 4.79 Å². The Balaban J connectivity index is 0.000000638. The number of carboxylic acids is 1. The normalized spacial score (nSPS) is 15.0. The first kappa shape index (κ1) is 30.6. The Kier molecular flexibility index (Phi) is 8.86. The average Bonchev–Trinajstić information content (AvgIpc) is 2.82. The maximum Gasteiger partial charge on any atom is 0.490 e. The van der Waals surface area contributed by atoms with Crippen molar-refractivity contribution in [1.82, 2.24) is 14.9 Å². The summed E-state index contributed by atoms with van der Waals surface area (Å²) in [7, 11) is 0. The Morgan fingerprint density at radius 1 is 0.789 bits per heavy atom. The number of carboxylic acid groups (broad SMARTS) is 1. The second kappa shape index (κ2) is 11.0. The highest BCUT2D eigenvalue weighted by atomic mass is 19.4. The van der Waals surface area contributed by atoms with E-state index in [0.29, 0.717) is 49.8 Å². The van der Waals surface area contributed by atoms with Crippen LogP contribution in [-0.4, -0.2) is 81.7 Å². The third-order valence-electron chi connectivity index (χ3n) is 5.35. The molecule has 1 aliphatic heterocycles. The molecule has 210 valence electrons. The number of hydrogen-bond acceptors (Lipinski definition) is 6. The van der Waals surface area contributed by atoms with E-state index >= 15 is 0 Å². The number of benzene rings is 1. The quantitative estimate of drug-likeness (QED) is 0.549. The molecule has 0 atom stereocenters. The summed E-state index contributed by atoms with van der Waals surface area (Å²) in [6.07, 6.45) is -14.2. The van der Waals surface area contributed by atoms with E-state index in [9.17, 15) is 49.4 Å². The van der Waals surface area contributed by atoms with Gasteiger partial charge in [0.1, 0.15) is 0 Å². The molecule has 2 heterocycles. The lowest BCUT2D eigenvalue weighted by Gasteiger charge is -2.34. The van der Waals surface area contributed by atoms with E-state index in [1.807, 2.05) is 4.90 Å². The Morgan fingerprint density at radius 2 is 1.21 bits per heavy atom. The number of halogens is 9. The third-order valence-corrected chi connectivity index (χ3v) is 5.35. The maximum atomic E-state index is 13.0. The van der Waals surface area contributed by atoms with Crippen molar-refractivity contribution in [3.05, 3.63) is 42.2 Å². The van der Waals surface area contributed by atoms with Gasteiger partial charge in [-0.2, -0.15) is 39.5 Å². The zero-order valence-electron chi connectivity index (χ0n) is 19.2. The second-order valence-electron chi connectivity index (χ2n) is 7.85. The van der Waals surface area contributed by atoms with E-state index < -0.39 is 35.7 Å². The Labute approximate surface area is 208 Å². The van der Waals surface area contributed by atoms with Crippen LogP contribution >= 0.6 is 0 Å². The van der Waals surface area contributed by atoms with Gasteiger partial charge in [-0.15, -0.1) is 0 Å². The first-order valence-electron chi connectivity index (χ1n) is 10.4. The molecule has 1 aromatic carbocycles. The molecule has 1 amide bonds. The van der Waals surface area contributed by atoms with E-state index in [1.54, 1.807) is 4.90 Å². The molecular weight excluding hydrogens is 543 g/mol. The summed E-state index contributed by atoms with van der Waals surface area (Å²) in [6.45, 7) is 3.57. The van der Waals surface area contributed by atoms with Crippen LogP contribution in [0.25, 0.3) is 11.1 Å². The molecule has 3 rings (SSSR count). The molecule has 2 aromatic rings. The summed E-state index contributed by atoms with van der Waals surface area (Å²) in [5.74, 6) is -2.39. The van der Waals surface area contributed by atoms with Crippen molar-refractivity contribution in [3.63, 3.8) is 0 Å². The third kappa shape index (κ3) is 6.81. The van der Waals surface area contributed by atoms with Gasteiger partial charge in [-0.25, -0.2) is 14.8 Å². The van der Waals surface area contributed by atoms with Crippen LogP contribution < -0.4 is 4.90 Å². The van der Waals surface area contributed by atoms with Crippen LogP contribution in [0.15, 0.2) is 36.7 Å². The number of aliphatic carboxylic acids is 1. The van der Waals surface area contributed by atoms with Gasteiger partial charge in [-0.1, -0.05) is 24.3 Å². The SMILES string of the molecule is CC(=O)N1CCN(c2ncc(-c3ccc(C(O)(C(F)(F)F)C(F)(F)F)cc3)cn2)CC1.O=C(O)C(F)(F)F. The van der Waals surface area contributed by atoms with Crippen LogP contribution in [0, 0.1) is 0 Å². The summed E-state index contributed by atoms with van der Waals surface area (Å²) >= 11 is 0. The fourth-order valence-corrected chi connectivity index (χ4v) is 3.25. The number of piperazine rings is 1. The Hall–Kier alpha value is -3.63. The monoisotopic (exact) mass is 562 g/mol. The van der Waals surface area contributed by atoms with Crippen molar-refractivity contribution < 1.29 is 59.3 Å². The lowest BCUT2D eigenvalue weighted by atomic mass is 9.91. The van der Waals surface area contributed by atoms with Crippen LogP contribution in [0.1, 0.15) is 12.5 Å². The van der Waals surface area contributed by atoms with E-state index in [0.717, 1.165) is 12.1 Å². The summed E-state index contributed by atoms with van der Waals surface area (Å²) in [6, 6.07) is 3.21. The average molecular weight is 562 g/mol. The van der Waals surface area contributed by atoms with Crippen molar-refractivity contribution in [2.45, 2.75) is 31.1 Å². The summed E-state index contributed by atoms with van der Waals surface area (Å²) in [5.41, 5.74) is -5.65. The number of aliphatic hydroxyl groups is 1. The molecule has 1 fully saturated rings. The van der Waals surface area contributed by atoms with Crippen molar-refractivity contribution >= 4 is 17.8 Å². The lowest BCUT2D eigenvalue weighted by Crippen LogP contribution is -2.53. The zero-order valence-corrected chi connectivity index (χ0v) is 19.2. The van der Waals surface area contributed by atoms with Crippen LogP contribution in [0.2, 0.25) is 0 Å². The topological polar surface area (TPSA) is 107 Å². The number of nitrogens with zero attached hydrogens (tertiary/aromatic N) is 4. The molecule has 2 N–H and O–H groups in total. The molecule has 8 nitrogen and oxygen atoms in total. The van der Waals surface area contributed by atoms with E-state index in [4.69, 9.17) is 9.90 Å². The van der Waals surface area contributed by atoms with Crippen LogP contribution in [-0.2, 0) is 15.2 Å². The summed E-state index contributed by atoms with van der Waals surface area (Å²) in [4.78, 5) is 32.2. The fourth-order valence-electron chi connectivity index (χ4n) is 3.25. The minimum atomic E-state index is -5.94. The molecule has 0 saturated carbocycles. The number of carbonyl (C=O) groups is 2. The fraction of sp³-hybridized carbons (Fsp3) is 0.429. The highest BCUT2D eigenvalue weighted by Gasteiger charge is 2.71. The minimum absolute atomic E-state index is 0.0256. The maximum absolute atomic E-state index is 13.0. The van der Waals surface area contributed by atoms with E-state index in [2.05, 4.69) is 9.97 Å². The van der Waals surface area contributed by atoms with Crippen LogP contribution in [0.4, 0.5) is 45.5 Å².